The molecule has 0 aromatic heterocycles. The van der Waals surface area contributed by atoms with Crippen molar-refractivity contribution in [3.05, 3.63) is 98.3 Å². The summed E-state index contributed by atoms with van der Waals surface area (Å²) in [5, 5.41) is -3.52. The van der Waals surface area contributed by atoms with Gasteiger partial charge in [0.15, 0.2) is 0 Å². The fourth-order valence-corrected chi connectivity index (χ4v) is 7.19. The largest absolute Gasteiger partial charge is 0.537 e. The molecule has 3 atom stereocenters. The van der Waals surface area contributed by atoms with Gasteiger partial charge in [-0.1, -0.05) is 104 Å². The summed E-state index contributed by atoms with van der Waals surface area (Å²) in [6.07, 6.45) is 0. The number of halogens is 9. The second kappa shape index (κ2) is 16.3. The topological polar surface area (TPSA) is 78.9 Å². The molecule has 0 saturated heterocycles. The molecular weight excluding hydrogens is 831 g/mol. The van der Waals surface area contributed by atoms with E-state index in [1.807, 2.05) is 0 Å². The van der Waals surface area contributed by atoms with Gasteiger partial charge in [0.1, 0.15) is 15.7 Å². The van der Waals surface area contributed by atoms with Crippen LogP contribution in [0.25, 0.3) is 0 Å². The smallest absolute Gasteiger partial charge is 0.374 e. The van der Waals surface area contributed by atoms with Crippen molar-refractivity contribution in [3.63, 3.8) is 0 Å². The van der Waals surface area contributed by atoms with Crippen LogP contribution in [0.4, 0.5) is 0 Å². The fraction of sp³-hybridized carbons (Fsp3) is 0.125. The summed E-state index contributed by atoms with van der Waals surface area (Å²) in [6.45, 7) is 0. The molecule has 19 heteroatoms. The number of carbonyl (C=O) groups is 3. The van der Waals surface area contributed by atoms with Crippen molar-refractivity contribution in [2.75, 3.05) is 0 Å². The van der Waals surface area contributed by atoms with Crippen LogP contribution < -0.4 is 0 Å². The highest BCUT2D eigenvalue weighted by molar-refractivity contribution is 7.81. The van der Waals surface area contributed by atoms with Crippen LogP contribution in [-0.2, 0) is 28.0 Å². The Bertz CT molecular complexity index is 1410. The molecule has 0 N–H and O–H groups in total. The summed E-state index contributed by atoms with van der Waals surface area (Å²) in [6, 6.07) is 7.74. The van der Waals surface area contributed by atoms with E-state index in [0.29, 0.717) is 0 Å². The molecule has 0 fully saturated rings. The van der Waals surface area contributed by atoms with Gasteiger partial charge in [-0.2, -0.15) is 37.9 Å². The van der Waals surface area contributed by atoms with Crippen LogP contribution in [0.15, 0.2) is 36.4 Å². The van der Waals surface area contributed by atoms with E-state index in [-0.39, 0.29) is 61.9 Å². The second-order valence-electron chi connectivity index (χ2n) is 8.03. The Morgan fingerprint density at radius 3 is 0.884 bits per heavy atom. The number of carbonyl (C=O) groups excluding carboxylic acids is 3. The van der Waals surface area contributed by atoms with Gasteiger partial charge in [-0.3, -0.25) is 14.4 Å². The van der Waals surface area contributed by atoms with Gasteiger partial charge in [-0.15, -0.1) is 0 Å². The minimum Gasteiger partial charge on any atom is -0.374 e. The molecule has 0 aliphatic rings. The van der Waals surface area contributed by atoms with E-state index in [4.69, 9.17) is 118 Å². The van der Waals surface area contributed by atoms with Gasteiger partial charge in [0.25, 0.3) is 0 Å². The summed E-state index contributed by atoms with van der Waals surface area (Å²) in [5.41, 5.74) is 0.295. The molecule has 6 nitrogen and oxygen atoms in total. The van der Waals surface area contributed by atoms with E-state index in [0.717, 1.165) is 0 Å². The van der Waals surface area contributed by atoms with Crippen molar-refractivity contribution in [3.8, 4) is 0 Å². The van der Waals surface area contributed by atoms with E-state index in [9.17, 15) is 14.4 Å². The lowest BCUT2D eigenvalue weighted by molar-refractivity contribution is -0.141. The van der Waals surface area contributed by atoms with E-state index in [1.54, 1.807) is 0 Å². The molecule has 0 spiro atoms. The summed E-state index contributed by atoms with van der Waals surface area (Å²) in [5.74, 6) is -3.41. The van der Waals surface area contributed by atoms with Crippen molar-refractivity contribution >= 4 is 169 Å². The SMILES string of the molecule is O=C(OP(OC(=O)C(S)c1cc(Cl)c(Cl)cc1Cl)OC(=O)C(S)c1cc(Cl)c(Cl)cc1Cl)C(S)c1cc(Cl)c(Cl)cc1Cl. The van der Waals surface area contributed by atoms with E-state index in [1.165, 1.54) is 36.4 Å². The Balaban J connectivity index is 1.90. The molecule has 3 rings (SSSR count). The van der Waals surface area contributed by atoms with Crippen molar-refractivity contribution in [1.29, 1.82) is 0 Å². The van der Waals surface area contributed by atoms with E-state index >= 15 is 0 Å². The zero-order valence-electron chi connectivity index (χ0n) is 20.3. The predicted octanol–water partition coefficient (Wildman–Crippen LogP) is 11.7. The lowest BCUT2D eigenvalue weighted by Crippen LogP contribution is -2.18. The quantitative estimate of drug-likeness (QED) is 0.113. The normalized spacial score (nSPS) is 14.0. The lowest BCUT2D eigenvalue weighted by atomic mass is 10.1. The van der Waals surface area contributed by atoms with Crippen LogP contribution in [-0.4, -0.2) is 17.9 Å². The number of rotatable bonds is 9. The first-order valence-electron chi connectivity index (χ1n) is 10.9. The third-order valence-corrected chi connectivity index (χ3v) is 10.8. The molecule has 0 aliphatic carbocycles. The minimum absolute atomic E-state index is 0.0269. The van der Waals surface area contributed by atoms with Gasteiger partial charge >= 0.3 is 26.5 Å². The summed E-state index contributed by atoms with van der Waals surface area (Å²) in [7, 11) is -3.12. The first-order chi connectivity index (χ1) is 20.0. The molecule has 0 aliphatic heterocycles. The molecule has 43 heavy (non-hydrogen) atoms. The van der Waals surface area contributed by atoms with Crippen LogP contribution in [0.2, 0.25) is 45.2 Å². The third kappa shape index (κ3) is 9.60. The summed E-state index contributed by atoms with van der Waals surface area (Å²) < 4.78 is 15.8. The molecular formula is C24H12Cl9O6PS3. The fourth-order valence-electron chi connectivity index (χ4n) is 3.05. The zero-order valence-corrected chi connectivity index (χ0v) is 30.7. The minimum atomic E-state index is -3.12. The molecule has 0 radical (unpaired) electrons. The summed E-state index contributed by atoms with van der Waals surface area (Å²) >= 11 is 67.3. The average molecular weight is 843 g/mol. The van der Waals surface area contributed by atoms with Crippen molar-refractivity contribution < 1.29 is 28.0 Å². The Hall–Kier alpha value is 0.160. The molecule has 3 unspecified atom stereocenters. The van der Waals surface area contributed by atoms with Gasteiger partial charge in [-0.25, -0.2) is 0 Å². The molecule has 0 amide bonds. The number of thiol groups is 3. The molecule has 0 bridgehead atoms. The molecule has 3 aromatic carbocycles. The van der Waals surface area contributed by atoms with E-state index < -0.39 is 42.3 Å². The Morgan fingerprint density at radius 2 is 0.651 bits per heavy atom. The first-order valence-corrected chi connectivity index (χ1v) is 17.0. The Kier molecular flexibility index (Phi) is 14.3. The second-order valence-corrected chi connectivity index (χ2v) is 14.2. The van der Waals surface area contributed by atoms with Gasteiger partial charge < -0.3 is 13.6 Å². The van der Waals surface area contributed by atoms with Gasteiger partial charge in [-0.05, 0) is 53.1 Å². The van der Waals surface area contributed by atoms with Crippen LogP contribution in [0.5, 0.6) is 0 Å². The Labute approximate surface area is 308 Å². The number of hydrogen-bond acceptors (Lipinski definition) is 9. The standard InChI is InChI=1S/C24H12Cl9O6PS3/c25-10-4-16(31)13(28)1-7(10)19(41)22(34)37-40(38-23(35)20(42)8-2-14(29)17(32)5-11(8)26)39-24(36)21(43)9-3-15(30)18(33)6-12(9)27/h1-6,19-21,41-43H. The monoisotopic (exact) mass is 838 g/mol. The van der Waals surface area contributed by atoms with Crippen molar-refractivity contribution in [1.82, 2.24) is 0 Å². The summed E-state index contributed by atoms with van der Waals surface area (Å²) in [4.78, 5) is 39.2. The first kappa shape index (κ1) is 37.6. The van der Waals surface area contributed by atoms with Gasteiger partial charge in [0, 0.05) is 15.1 Å². The maximum absolute atomic E-state index is 13.1. The van der Waals surface area contributed by atoms with Crippen molar-refractivity contribution in [2.24, 2.45) is 0 Å². The average Bonchev–Trinajstić information content (AvgIpc) is 2.93. The van der Waals surface area contributed by atoms with E-state index in [2.05, 4.69) is 37.9 Å². The molecule has 3 aromatic rings. The van der Waals surface area contributed by atoms with Crippen LogP contribution in [0.3, 0.4) is 0 Å². The number of benzene rings is 3. The predicted molar refractivity (Wildman–Crippen MR) is 185 cm³/mol. The number of hydrogen-bond donors (Lipinski definition) is 3. The zero-order chi connectivity index (χ0) is 32.3. The third-order valence-electron chi connectivity index (χ3n) is 5.17. The maximum Gasteiger partial charge on any atom is 0.537 e. The molecule has 0 saturated carbocycles. The highest BCUT2D eigenvalue weighted by Crippen LogP contribution is 2.48. The van der Waals surface area contributed by atoms with Crippen LogP contribution in [0.1, 0.15) is 32.4 Å². The van der Waals surface area contributed by atoms with Crippen LogP contribution in [0, 0.1) is 0 Å². The molecule has 0 heterocycles. The van der Waals surface area contributed by atoms with Crippen LogP contribution >= 0.6 is 151 Å². The Morgan fingerprint density at radius 1 is 0.442 bits per heavy atom. The maximum atomic E-state index is 13.1. The highest BCUT2D eigenvalue weighted by Gasteiger charge is 2.36. The van der Waals surface area contributed by atoms with Gasteiger partial charge in [0.05, 0.1) is 30.1 Å². The highest BCUT2D eigenvalue weighted by atomic mass is 35.5. The molecule has 230 valence electrons. The lowest BCUT2D eigenvalue weighted by Gasteiger charge is -2.21. The van der Waals surface area contributed by atoms with Crippen molar-refractivity contribution in [2.45, 2.75) is 15.7 Å². The van der Waals surface area contributed by atoms with Gasteiger partial charge in [0.2, 0.25) is 0 Å².